The normalized spacial score (nSPS) is 13.6. The molecular formula is C14H19NO2S. The molecule has 0 heterocycles. The molecule has 98 valence electrons. The minimum absolute atomic E-state index is 0.228. The second kappa shape index (κ2) is 7.88. The Labute approximate surface area is 111 Å². The summed E-state index contributed by atoms with van der Waals surface area (Å²) < 4.78 is 17.2. The molecule has 1 aromatic rings. The molecule has 18 heavy (non-hydrogen) atoms. The minimum atomic E-state index is -0.814. The first-order chi connectivity index (χ1) is 8.67. The lowest BCUT2D eigenvalue weighted by molar-refractivity contribution is 0.342. The van der Waals surface area contributed by atoms with Gasteiger partial charge in [-0.05, 0) is 24.1 Å². The van der Waals surface area contributed by atoms with E-state index in [1.54, 1.807) is 0 Å². The van der Waals surface area contributed by atoms with Crippen molar-refractivity contribution >= 4 is 10.8 Å². The van der Waals surface area contributed by atoms with Crippen molar-refractivity contribution in [3.8, 4) is 11.8 Å². The molecule has 0 amide bonds. The first kappa shape index (κ1) is 14.7. The van der Waals surface area contributed by atoms with Crippen molar-refractivity contribution in [3.05, 3.63) is 29.8 Å². The number of nitrogens with zero attached hydrogens (tertiary/aromatic N) is 1. The Morgan fingerprint density at radius 3 is 2.61 bits per heavy atom. The second-order valence-corrected chi connectivity index (χ2v) is 6.11. The smallest absolute Gasteiger partial charge is 0.119 e. The molecule has 0 fully saturated rings. The molecule has 0 spiro atoms. The van der Waals surface area contributed by atoms with Crippen LogP contribution < -0.4 is 4.74 Å². The van der Waals surface area contributed by atoms with Crippen molar-refractivity contribution in [1.82, 2.24) is 0 Å². The van der Waals surface area contributed by atoms with Crippen molar-refractivity contribution in [3.63, 3.8) is 0 Å². The Morgan fingerprint density at radius 2 is 2.06 bits per heavy atom. The third-order valence-electron chi connectivity index (χ3n) is 2.78. The van der Waals surface area contributed by atoms with Crippen molar-refractivity contribution in [2.45, 2.75) is 31.9 Å². The molecule has 0 aliphatic carbocycles. The average Bonchev–Trinajstić information content (AvgIpc) is 2.40. The predicted molar refractivity (Wildman–Crippen MR) is 74.0 cm³/mol. The summed E-state index contributed by atoms with van der Waals surface area (Å²) in [6, 6.07) is 9.55. The highest BCUT2D eigenvalue weighted by Gasteiger charge is 2.08. The van der Waals surface area contributed by atoms with Gasteiger partial charge >= 0.3 is 0 Å². The zero-order valence-electron chi connectivity index (χ0n) is 10.9. The van der Waals surface area contributed by atoms with Crippen LogP contribution in [0.1, 0.15) is 25.8 Å². The Kier molecular flexibility index (Phi) is 6.45. The van der Waals surface area contributed by atoms with Crippen LogP contribution in [-0.2, 0) is 17.2 Å². The van der Waals surface area contributed by atoms with Gasteiger partial charge in [0.15, 0.2) is 0 Å². The standard InChI is InChI=1S/C14H19NO2S/c1-3-12(2)18(16)11-10-17-14-6-4-13(5-7-14)8-9-15/h4-7,12H,3,8,10-11H2,1-2H3. The highest BCUT2D eigenvalue weighted by atomic mass is 32.2. The quantitative estimate of drug-likeness (QED) is 0.761. The van der Waals surface area contributed by atoms with E-state index in [1.807, 2.05) is 38.1 Å². The zero-order chi connectivity index (χ0) is 13.4. The van der Waals surface area contributed by atoms with E-state index in [2.05, 4.69) is 6.07 Å². The van der Waals surface area contributed by atoms with Gasteiger partial charge in [-0.2, -0.15) is 5.26 Å². The van der Waals surface area contributed by atoms with Gasteiger partial charge in [-0.25, -0.2) is 0 Å². The van der Waals surface area contributed by atoms with Crippen molar-refractivity contribution in [1.29, 1.82) is 5.26 Å². The minimum Gasteiger partial charge on any atom is -0.493 e. The molecule has 0 aliphatic rings. The van der Waals surface area contributed by atoms with E-state index in [-0.39, 0.29) is 5.25 Å². The second-order valence-electron chi connectivity index (χ2n) is 4.13. The number of ether oxygens (including phenoxy) is 1. The topological polar surface area (TPSA) is 50.1 Å². The maximum atomic E-state index is 11.7. The van der Waals surface area contributed by atoms with E-state index in [4.69, 9.17) is 10.00 Å². The van der Waals surface area contributed by atoms with Crippen LogP contribution >= 0.6 is 0 Å². The van der Waals surface area contributed by atoms with Gasteiger partial charge in [-0.3, -0.25) is 4.21 Å². The molecule has 2 unspecified atom stereocenters. The summed E-state index contributed by atoms with van der Waals surface area (Å²) >= 11 is 0. The van der Waals surface area contributed by atoms with Crippen molar-refractivity contribution < 1.29 is 8.95 Å². The summed E-state index contributed by atoms with van der Waals surface area (Å²) in [6.45, 7) is 4.50. The highest BCUT2D eigenvalue weighted by Crippen LogP contribution is 2.12. The van der Waals surface area contributed by atoms with E-state index in [0.717, 1.165) is 17.7 Å². The Balaban J connectivity index is 2.36. The molecular weight excluding hydrogens is 246 g/mol. The molecule has 0 aliphatic heterocycles. The summed E-state index contributed by atoms with van der Waals surface area (Å²) in [6.07, 6.45) is 1.34. The lowest BCUT2D eigenvalue weighted by Crippen LogP contribution is -2.17. The molecule has 3 nitrogen and oxygen atoms in total. The molecule has 4 heteroatoms. The van der Waals surface area contributed by atoms with Crippen LogP contribution in [0.4, 0.5) is 0 Å². The molecule has 0 saturated carbocycles. The lowest BCUT2D eigenvalue weighted by atomic mass is 10.2. The average molecular weight is 265 g/mol. The fraction of sp³-hybridized carbons (Fsp3) is 0.500. The zero-order valence-corrected chi connectivity index (χ0v) is 11.7. The molecule has 0 bridgehead atoms. The van der Waals surface area contributed by atoms with Crippen LogP contribution in [0.5, 0.6) is 5.75 Å². The maximum Gasteiger partial charge on any atom is 0.119 e. The van der Waals surface area contributed by atoms with Gasteiger partial charge in [0.2, 0.25) is 0 Å². The molecule has 0 N–H and O–H groups in total. The number of rotatable bonds is 7. The number of hydrogen-bond acceptors (Lipinski definition) is 3. The van der Waals surface area contributed by atoms with Gasteiger partial charge in [-0.15, -0.1) is 0 Å². The summed E-state index contributed by atoms with van der Waals surface area (Å²) in [5.74, 6) is 1.33. The monoisotopic (exact) mass is 265 g/mol. The van der Waals surface area contributed by atoms with Crippen molar-refractivity contribution in [2.75, 3.05) is 12.4 Å². The van der Waals surface area contributed by atoms with Crippen LogP contribution in [0, 0.1) is 11.3 Å². The van der Waals surface area contributed by atoms with E-state index in [1.165, 1.54) is 0 Å². The summed E-state index contributed by atoms with van der Waals surface area (Å²) in [5.41, 5.74) is 0.980. The number of benzene rings is 1. The highest BCUT2D eigenvalue weighted by molar-refractivity contribution is 7.85. The fourth-order valence-electron chi connectivity index (χ4n) is 1.42. The summed E-state index contributed by atoms with van der Waals surface area (Å²) in [5, 5.41) is 8.78. The van der Waals surface area contributed by atoms with Crippen LogP contribution in [-0.4, -0.2) is 21.8 Å². The SMILES string of the molecule is CCC(C)S(=O)CCOc1ccc(CC#N)cc1. The molecule has 0 radical (unpaired) electrons. The number of hydrogen-bond donors (Lipinski definition) is 0. The third kappa shape index (κ3) is 4.89. The summed E-state index contributed by atoms with van der Waals surface area (Å²) in [7, 11) is -0.814. The van der Waals surface area contributed by atoms with E-state index < -0.39 is 10.8 Å². The Hall–Kier alpha value is -1.34. The fourth-order valence-corrected chi connectivity index (χ4v) is 2.45. The van der Waals surface area contributed by atoms with Gasteiger partial charge < -0.3 is 4.74 Å². The van der Waals surface area contributed by atoms with Gasteiger partial charge in [0.25, 0.3) is 0 Å². The molecule has 1 aromatic carbocycles. The number of nitriles is 1. The van der Waals surface area contributed by atoms with Gasteiger partial charge in [-0.1, -0.05) is 26.0 Å². The van der Waals surface area contributed by atoms with Crippen LogP contribution in [0.2, 0.25) is 0 Å². The van der Waals surface area contributed by atoms with Crippen LogP contribution in [0.15, 0.2) is 24.3 Å². The van der Waals surface area contributed by atoms with Gasteiger partial charge in [0.1, 0.15) is 5.75 Å². The lowest BCUT2D eigenvalue weighted by Gasteiger charge is -2.10. The van der Waals surface area contributed by atoms with Crippen LogP contribution in [0.3, 0.4) is 0 Å². The first-order valence-electron chi connectivity index (χ1n) is 6.13. The molecule has 0 saturated heterocycles. The molecule has 1 rings (SSSR count). The first-order valence-corrected chi connectivity index (χ1v) is 7.51. The maximum absolute atomic E-state index is 11.7. The van der Waals surface area contributed by atoms with Gasteiger partial charge in [0, 0.05) is 16.0 Å². The van der Waals surface area contributed by atoms with E-state index in [9.17, 15) is 4.21 Å². The Morgan fingerprint density at radius 1 is 1.39 bits per heavy atom. The van der Waals surface area contributed by atoms with Crippen molar-refractivity contribution in [2.24, 2.45) is 0 Å². The molecule has 2 atom stereocenters. The van der Waals surface area contributed by atoms with E-state index >= 15 is 0 Å². The van der Waals surface area contributed by atoms with Crippen LogP contribution in [0.25, 0.3) is 0 Å². The largest absolute Gasteiger partial charge is 0.493 e. The predicted octanol–water partition coefficient (Wildman–Crippen LogP) is 2.68. The van der Waals surface area contributed by atoms with E-state index in [0.29, 0.717) is 18.8 Å². The molecule has 0 aromatic heterocycles. The third-order valence-corrected chi connectivity index (χ3v) is 4.58. The van der Waals surface area contributed by atoms with Gasteiger partial charge in [0.05, 0.1) is 24.8 Å². The Bertz CT molecular complexity index is 422. The summed E-state index contributed by atoms with van der Waals surface area (Å²) in [4.78, 5) is 0.